The van der Waals surface area contributed by atoms with Gasteiger partial charge in [0.1, 0.15) is 6.54 Å². The summed E-state index contributed by atoms with van der Waals surface area (Å²) >= 11 is 0. The van der Waals surface area contributed by atoms with Gasteiger partial charge in [0.2, 0.25) is 5.91 Å². The van der Waals surface area contributed by atoms with Crippen LogP contribution in [0.25, 0.3) is 0 Å². The second-order valence-corrected chi connectivity index (χ2v) is 6.27. The minimum atomic E-state index is 0.0260. The molecule has 1 fully saturated rings. The van der Waals surface area contributed by atoms with Crippen LogP contribution in [0.15, 0.2) is 30.9 Å². The van der Waals surface area contributed by atoms with Crippen molar-refractivity contribution in [2.24, 2.45) is 13.0 Å². The molecular weight excluding hydrogens is 292 g/mol. The fourth-order valence-electron chi connectivity index (χ4n) is 3.13. The Morgan fingerprint density at radius 2 is 2.35 bits per heavy atom. The van der Waals surface area contributed by atoms with Crippen molar-refractivity contribution in [3.8, 4) is 0 Å². The zero-order chi connectivity index (χ0) is 16.1. The summed E-state index contributed by atoms with van der Waals surface area (Å²) in [4.78, 5) is 14.4. The number of carbonyl (C=O) groups is 1. The van der Waals surface area contributed by atoms with Crippen LogP contribution in [0.3, 0.4) is 0 Å². The molecule has 1 aliphatic heterocycles. The number of aryl methyl sites for hydroxylation is 1. The van der Waals surface area contributed by atoms with Gasteiger partial charge in [0.25, 0.3) is 0 Å². The molecule has 1 amide bonds. The molecule has 2 aromatic rings. The van der Waals surface area contributed by atoms with E-state index in [0.717, 1.165) is 26.2 Å². The Labute approximate surface area is 136 Å². The average molecular weight is 316 g/mol. The van der Waals surface area contributed by atoms with Crippen LogP contribution in [0.5, 0.6) is 0 Å². The highest BCUT2D eigenvalue weighted by Crippen LogP contribution is 2.17. The van der Waals surface area contributed by atoms with Gasteiger partial charge in [-0.2, -0.15) is 10.2 Å². The van der Waals surface area contributed by atoms with E-state index < -0.39 is 0 Å². The summed E-state index contributed by atoms with van der Waals surface area (Å²) in [5.41, 5.74) is 1.25. The summed E-state index contributed by atoms with van der Waals surface area (Å²) in [6, 6.07) is 1.82. The normalized spacial score (nSPS) is 18.9. The highest BCUT2D eigenvalue weighted by atomic mass is 16.2. The van der Waals surface area contributed by atoms with E-state index in [9.17, 15) is 4.79 Å². The first-order chi connectivity index (χ1) is 11.2. The van der Waals surface area contributed by atoms with Crippen molar-refractivity contribution in [1.29, 1.82) is 0 Å². The third-order valence-corrected chi connectivity index (χ3v) is 4.22. The zero-order valence-corrected chi connectivity index (χ0v) is 13.6. The molecule has 1 saturated heterocycles. The van der Waals surface area contributed by atoms with Crippen LogP contribution in [-0.4, -0.2) is 50.0 Å². The molecule has 0 bridgehead atoms. The van der Waals surface area contributed by atoms with Crippen molar-refractivity contribution in [2.45, 2.75) is 25.9 Å². The molecule has 1 atom stereocenters. The lowest BCUT2D eigenvalue weighted by molar-refractivity contribution is -0.122. The molecule has 3 rings (SSSR count). The molecule has 0 spiro atoms. The van der Waals surface area contributed by atoms with Crippen molar-refractivity contribution in [1.82, 2.24) is 29.8 Å². The van der Waals surface area contributed by atoms with Gasteiger partial charge in [-0.3, -0.25) is 19.1 Å². The maximum atomic E-state index is 11.9. The number of carbonyl (C=O) groups excluding carboxylic acids is 1. The van der Waals surface area contributed by atoms with Gasteiger partial charge in [-0.05, 0) is 31.4 Å². The highest BCUT2D eigenvalue weighted by Gasteiger charge is 2.20. The Morgan fingerprint density at radius 1 is 1.43 bits per heavy atom. The zero-order valence-electron chi connectivity index (χ0n) is 13.6. The van der Waals surface area contributed by atoms with Gasteiger partial charge in [-0.1, -0.05) is 0 Å². The number of nitrogens with one attached hydrogen (secondary N) is 1. The number of amides is 1. The number of hydrogen-bond donors (Lipinski definition) is 1. The lowest BCUT2D eigenvalue weighted by Gasteiger charge is -2.32. The minimum absolute atomic E-state index is 0.0260. The quantitative estimate of drug-likeness (QED) is 0.849. The molecule has 1 aliphatic rings. The van der Waals surface area contributed by atoms with Gasteiger partial charge >= 0.3 is 0 Å². The summed E-state index contributed by atoms with van der Waals surface area (Å²) < 4.78 is 3.48. The van der Waals surface area contributed by atoms with E-state index in [1.807, 2.05) is 24.0 Å². The molecule has 3 heterocycles. The topological polar surface area (TPSA) is 68.0 Å². The van der Waals surface area contributed by atoms with Gasteiger partial charge in [0.15, 0.2) is 0 Å². The van der Waals surface area contributed by atoms with E-state index in [4.69, 9.17) is 0 Å². The number of hydrogen-bond acceptors (Lipinski definition) is 4. The predicted molar refractivity (Wildman–Crippen MR) is 86.4 cm³/mol. The van der Waals surface area contributed by atoms with Crippen LogP contribution in [-0.2, 0) is 24.9 Å². The first kappa shape index (κ1) is 15.7. The van der Waals surface area contributed by atoms with Gasteiger partial charge in [0.05, 0.1) is 6.20 Å². The molecule has 7 heteroatoms. The van der Waals surface area contributed by atoms with Crippen molar-refractivity contribution in [2.75, 3.05) is 19.6 Å². The maximum absolute atomic E-state index is 11.9. The Kier molecular flexibility index (Phi) is 5.07. The van der Waals surface area contributed by atoms with Gasteiger partial charge in [-0.25, -0.2) is 0 Å². The van der Waals surface area contributed by atoms with Crippen LogP contribution < -0.4 is 5.32 Å². The molecule has 2 aromatic heterocycles. The molecular formula is C16H24N6O. The van der Waals surface area contributed by atoms with Crippen LogP contribution in [0.2, 0.25) is 0 Å². The Morgan fingerprint density at radius 3 is 3.09 bits per heavy atom. The van der Waals surface area contributed by atoms with Crippen LogP contribution in [0.1, 0.15) is 18.4 Å². The smallest absolute Gasteiger partial charge is 0.241 e. The molecule has 7 nitrogen and oxygen atoms in total. The lowest BCUT2D eigenvalue weighted by atomic mass is 9.97. The first-order valence-electron chi connectivity index (χ1n) is 8.13. The SMILES string of the molecule is Cn1cc(CN2CCCC(CNC(=O)Cn3cccn3)C2)cn1. The van der Waals surface area contributed by atoms with Crippen molar-refractivity contribution >= 4 is 5.91 Å². The number of aromatic nitrogens is 4. The largest absolute Gasteiger partial charge is 0.354 e. The van der Waals surface area contributed by atoms with E-state index in [2.05, 4.69) is 26.6 Å². The van der Waals surface area contributed by atoms with Crippen molar-refractivity contribution < 1.29 is 4.79 Å². The summed E-state index contributed by atoms with van der Waals surface area (Å²) in [7, 11) is 1.94. The number of rotatable bonds is 6. The third-order valence-electron chi connectivity index (χ3n) is 4.22. The summed E-state index contributed by atoms with van der Waals surface area (Å²) in [6.07, 6.45) is 9.83. The standard InChI is InChI=1S/C16H24N6O/c1-20-10-15(9-19-20)12-21-6-2-4-14(11-21)8-17-16(23)13-22-7-3-5-18-22/h3,5,7,9-10,14H,2,4,6,8,11-13H2,1H3,(H,17,23). The van der Waals surface area contributed by atoms with E-state index in [-0.39, 0.29) is 5.91 Å². The van der Waals surface area contributed by atoms with E-state index in [1.165, 1.54) is 18.4 Å². The maximum Gasteiger partial charge on any atom is 0.241 e. The second kappa shape index (κ2) is 7.41. The molecule has 0 saturated carbocycles. The molecule has 1 N–H and O–H groups in total. The average Bonchev–Trinajstić information content (AvgIpc) is 3.18. The number of likely N-dealkylation sites (tertiary alicyclic amines) is 1. The van der Waals surface area contributed by atoms with E-state index >= 15 is 0 Å². The Bertz CT molecular complexity index is 620. The minimum Gasteiger partial charge on any atom is -0.354 e. The summed E-state index contributed by atoms with van der Waals surface area (Å²) in [5.74, 6) is 0.542. The van der Waals surface area contributed by atoms with E-state index in [0.29, 0.717) is 12.5 Å². The Balaban J connectivity index is 1.42. The summed E-state index contributed by atoms with van der Waals surface area (Å²) in [5, 5.41) is 11.3. The van der Waals surface area contributed by atoms with Crippen LogP contribution in [0, 0.1) is 5.92 Å². The van der Waals surface area contributed by atoms with Crippen LogP contribution >= 0.6 is 0 Å². The predicted octanol–water partition coefficient (Wildman–Crippen LogP) is 0.645. The molecule has 124 valence electrons. The van der Waals surface area contributed by atoms with Crippen molar-refractivity contribution in [3.05, 3.63) is 36.4 Å². The summed E-state index contributed by atoms with van der Waals surface area (Å²) in [6.45, 7) is 4.11. The van der Waals surface area contributed by atoms with Crippen molar-refractivity contribution in [3.63, 3.8) is 0 Å². The molecule has 23 heavy (non-hydrogen) atoms. The highest BCUT2D eigenvalue weighted by molar-refractivity contribution is 5.75. The molecule has 0 aromatic carbocycles. The molecule has 1 unspecified atom stereocenters. The van der Waals surface area contributed by atoms with Gasteiger partial charge in [-0.15, -0.1) is 0 Å². The molecule has 0 radical (unpaired) electrons. The monoisotopic (exact) mass is 316 g/mol. The third kappa shape index (κ3) is 4.66. The lowest BCUT2D eigenvalue weighted by Crippen LogP contribution is -2.41. The number of piperidine rings is 1. The fraction of sp³-hybridized carbons (Fsp3) is 0.562. The van der Waals surface area contributed by atoms with E-state index in [1.54, 1.807) is 17.1 Å². The second-order valence-electron chi connectivity index (χ2n) is 6.27. The van der Waals surface area contributed by atoms with Crippen LogP contribution in [0.4, 0.5) is 0 Å². The Hall–Kier alpha value is -2.15. The fourth-order valence-corrected chi connectivity index (χ4v) is 3.13. The molecule has 0 aliphatic carbocycles. The number of nitrogens with zero attached hydrogens (tertiary/aromatic N) is 5. The first-order valence-corrected chi connectivity index (χ1v) is 8.13. The van der Waals surface area contributed by atoms with Gasteiger partial charge in [0, 0.05) is 50.8 Å². The van der Waals surface area contributed by atoms with Gasteiger partial charge < -0.3 is 5.32 Å².